The van der Waals surface area contributed by atoms with Gasteiger partial charge >= 0.3 is 175 Å². The van der Waals surface area contributed by atoms with Gasteiger partial charge in [0.15, 0.2) is 0 Å². The van der Waals surface area contributed by atoms with Crippen molar-refractivity contribution in [1.29, 1.82) is 0 Å². The van der Waals surface area contributed by atoms with Crippen molar-refractivity contribution in [2.24, 2.45) is 0 Å². The molecule has 4 aromatic carbocycles. The van der Waals surface area contributed by atoms with E-state index in [0.717, 1.165) is 6.16 Å². The number of rotatable bonds is 5. The summed E-state index contributed by atoms with van der Waals surface area (Å²) in [7, 11) is -2.24. The quantitative estimate of drug-likeness (QED) is 0.372. The first-order valence-corrected chi connectivity index (χ1v) is 12.6. The van der Waals surface area contributed by atoms with Crippen LogP contribution in [0.3, 0.4) is 0 Å². The third-order valence-corrected chi connectivity index (χ3v) is 11.3. The molecule has 4 rings (SSSR count). The van der Waals surface area contributed by atoms with Gasteiger partial charge in [0.2, 0.25) is 0 Å². The number of hydrogen-bond acceptors (Lipinski definition) is 0. The van der Waals surface area contributed by atoms with Crippen LogP contribution in [0, 0.1) is 20.8 Å². The van der Waals surface area contributed by atoms with Gasteiger partial charge in [-0.3, -0.25) is 0 Å². The van der Waals surface area contributed by atoms with E-state index >= 15 is 0 Å². The Balaban J connectivity index is 2.02. The Labute approximate surface area is 175 Å². The Morgan fingerprint density at radius 2 is 0.897 bits per heavy atom. The van der Waals surface area contributed by atoms with Crippen LogP contribution in [0.2, 0.25) is 0 Å². The first-order chi connectivity index (χ1) is 14.1. The van der Waals surface area contributed by atoms with Gasteiger partial charge in [-0.05, 0) is 0 Å². The molecule has 0 saturated carbocycles. The molecular weight excluding hydrogens is 367 g/mol. The minimum atomic E-state index is -2.24. The van der Waals surface area contributed by atoms with E-state index < -0.39 is 7.26 Å². The fraction of sp³-hybridized carbons (Fsp3) is 0.143. The molecule has 0 radical (unpaired) electrons. The molecule has 0 unspecified atom stereocenters. The molecule has 0 bridgehead atoms. The van der Waals surface area contributed by atoms with E-state index in [1.165, 1.54) is 38.2 Å². The van der Waals surface area contributed by atoms with Gasteiger partial charge in [-0.25, -0.2) is 0 Å². The Morgan fingerprint density at radius 1 is 0.483 bits per heavy atom. The molecule has 0 atom stereocenters. The van der Waals surface area contributed by atoms with Crippen molar-refractivity contribution in [3.8, 4) is 0 Å². The molecule has 0 fully saturated rings. The van der Waals surface area contributed by atoms with Crippen molar-refractivity contribution in [1.82, 2.24) is 0 Å². The molecule has 0 saturated heterocycles. The first-order valence-electron chi connectivity index (χ1n) is 10.3. The van der Waals surface area contributed by atoms with Crippen LogP contribution in [0.5, 0.6) is 0 Å². The van der Waals surface area contributed by atoms with Gasteiger partial charge in [-0.1, -0.05) is 0 Å². The predicted octanol–water partition coefficient (Wildman–Crippen LogP) is 5.84. The normalized spacial score (nSPS) is 12.0. The number of benzene rings is 4. The molecule has 0 nitrogen and oxygen atoms in total. The summed E-state index contributed by atoms with van der Waals surface area (Å²) in [4.78, 5) is 0. The Kier molecular flexibility index (Phi) is 5.65. The standard InChI is InChI=1S/C28H29P/c1-22-19-20-25(24(3)23(22)2)21-29(26-13-7-4-8-14-26,27-15-9-5-10-16-27)28-17-11-6-12-18-28/h4-20,29H,21H2,1-3H3. The monoisotopic (exact) mass is 396 g/mol. The molecule has 146 valence electrons. The van der Waals surface area contributed by atoms with Crippen molar-refractivity contribution in [2.45, 2.75) is 26.9 Å². The zero-order chi connectivity index (χ0) is 20.3. The van der Waals surface area contributed by atoms with Crippen LogP contribution in [-0.2, 0) is 6.16 Å². The number of hydrogen-bond donors (Lipinski definition) is 0. The molecule has 1 heteroatoms. The van der Waals surface area contributed by atoms with Gasteiger partial charge in [0.1, 0.15) is 0 Å². The van der Waals surface area contributed by atoms with Crippen molar-refractivity contribution in [3.63, 3.8) is 0 Å². The Morgan fingerprint density at radius 3 is 1.31 bits per heavy atom. The summed E-state index contributed by atoms with van der Waals surface area (Å²) in [5.41, 5.74) is 5.69. The van der Waals surface area contributed by atoms with Crippen LogP contribution in [0.1, 0.15) is 22.3 Å². The summed E-state index contributed by atoms with van der Waals surface area (Å²) in [5, 5.41) is 4.40. The third kappa shape index (κ3) is 3.66. The van der Waals surface area contributed by atoms with E-state index in [1.807, 2.05) is 0 Å². The third-order valence-electron chi connectivity index (χ3n) is 6.43. The van der Waals surface area contributed by atoms with Crippen molar-refractivity contribution >= 4 is 23.2 Å². The van der Waals surface area contributed by atoms with Crippen molar-refractivity contribution in [2.75, 3.05) is 0 Å². The Hall–Kier alpha value is -2.69. The van der Waals surface area contributed by atoms with Crippen LogP contribution in [0.25, 0.3) is 0 Å². The molecule has 0 N–H and O–H groups in total. The van der Waals surface area contributed by atoms with E-state index in [1.54, 1.807) is 0 Å². The van der Waals surface area contributed by atoms with Gasteiger partial charge in [0.05, 0.1) is 0 Å². The Bertz CT molecular complexity index is 987. The zero-order valence-corrected chi connectivity index (χ0v) is 18.5. The van der Waals surface area contributed by atoms with Crippen LogP contribution in [0.4, 0.5) is 0 Å². The van der Waals surface area contributed by atoms with Crippen LogP contribution in [0.15, 0.2) is 103 Å². The first kappa shape index (κ1) is 19.6. The summed E-state index contributed by atoms with van der Waals surface area (Å²) < 4.78 is 0. The second kappa shape index (κ2) is 8.36. The molecule has 0 aromatic heterocycles. The SMILES string of the molecule is Cc1ccc(C[PH](c2ccccc2)(c2ccccc2)c2ccccc2)c(C)c1C. The average molecular weight is 397 g/mol. The van der Waals surface area contributed by atoms with Gasteiger partial charge < -0.3 is 0 Å². The van der Waals surface area contributed by atoms with E-state index in [9.17, 15) is 0 Å². The fourth-order valence-corrected chi connectivity index (χ4v) is 9.31. The van der Waals surface area contributed by atoms with Crippen LogP contribution in [-0.4, -0.2) is 0 Å². The molecule has 0 heterocycles. The van der Waals surface area contributed by atoms with Gasteiger partial charge in [-0.15, -0.1) is 0 Å². The van der Waals surface area contributed by atoms with Crippen molar-refractivity contribution in [3.05, 3.63) is 125 Å². The summed E-state index contributed by atoms with van der Waals surface area (Å²) in [6.45, 7) is 6.76. The van der Waals surface area contributed by atoms with E-state index in [-0.39, 0.29) is 0 Å². The maximum atomic E-state index is 2.36. The second-order valence-corrected chi connectivity index (χ2v) is 11.9. The molecular formula is C28H29P. The maximum absolute atomic E-state index is 2.36. The topological polar surface area (TPSA) is 0 Å². The van der Waals surface area contributed by atoms with Gasteiger partial charge in [-0.2, -0.15) is 0 Å². The van der Waals surface area contributed by atoms with Crippen LogP contribution < -0.4 is 15.9 Å². The van der Waals surface area contributed by atoms with Gasteiger partial charge in [0, 0.05) is 0 Å². The molecule has 0 aliphatic heterocycles. The fourth-order valence-electron chi connectivity index (χ4n) is 4.46. The molecule has 29 heavy (non-hydrogen) atoms. The molecule has 4 aromatic rings. The van der Waals surface area contributed by atoms with E-state index in [2.05, 4.69) is 124 Å². The summed E-state index contributed by atoms with van der Waals surface area (Å²) in [5.74, 6) is 0. The molecule has 0 aliphatic carbocycles. The average Bonchev–Trinajstić information content (AvgIpc) is 2.79. The van der Waals surface area contributed by atoms with Gasteiger partial charge in [0.25, 0.3) is 0 Å². The van der Waals surface area contributed by atoms with Crippen molar-refractivity contribution < 1.29 is 0 Å². The minimum absolute atomic E-state index is 1.07. The summed E-state index contributed by atoms with van der Waals surface area (Å²) in [6, 6.07) is 38.2. The molecule has 0 amide bonds. The predicted molar refractivity (Wildman–Crippen MR) is 131 cm³/mol. The van der Waals surface area contributed by atoms with E-state index in [4.69, 9.17) is 0 Å². The second-order valence-electron chi connectivity index (χ2n) is 7.97. The summed E-state index contributed by atoms with van der Waals surface area (Å²) in [6.07, 6.45) is 1.07. The molecule has 0 aliphatic rings. The van der Waals surface area contributed by atoms with E-state index in [0.29, 0.717) is 0 Å². The zero-order valence-electron chi connectivity index (χ0n) is 17.5. The summed E-state index contributed by atoms with van der Waals surface area (Å²) >= 11 is 0. The molecule has 0 spiro atoms. The van der Waals surface area contributed by atoms with Crippen LogP contribution >= 0.6 is 7.26 Å². The number of aryl methyl sites for hydroxylation is 1.